The van der Waals surface area contributed by atoms with Crippen LogP contribution in [-0.4, -0.2) is 31.5 Å². The topological polar surface area (TPSA) is 72.3 Å². The average molecular weight is 403 g/mol. The van der Waals surface area contributed by atoms with Crippen LogP contribution in [0.25, 0.3) is 0 Å². The first-order chi connectivity index (χ1) is 13.8. The fourth-order valence-electron chi connectivity index (χ4n) is 2.77. The molecule has 0 fully saturated rings. The van der Waals surface area contributed by atoms with Gasteiger partial charge in [0.15, 0.2) is 17.3 Å². The predicted octanol–water partition coefficient (Wildman–Crippen LogP) is 3.62. The van der Waals surface area contributed by atoms with E-state index in [0.717, 1.165) is 11.6 Å². The van der Waals surface area contributed by atoms with Crippen LogP contribution in [0.1, 0.15) is 34.7 Å². The van der Waals surface area contributed by atoms with Gasteiger partial charge in [-0.3, -0.25) is 4.79 Å². The number of aryl methyl sites for hydroxylation is 2. The molecule has 2 aromatic rings. The summed E-state index contributed by atoms with van der Waals surface area (Å²) in [5.74, 6) is -2.34. The minimum Gasteiger partial charge on any atom is -0.398 e. The quantitative estimate of drug-likeness (QED) is 0.567. The normalized spacial score (nSPS) is 12.0. The Morgan fingerprint density at radius 2 is 1.86 bits per heavy atom. The molecule has 0 unspecified atom stereocenters. The van der Waals surface area contributed by atoms with Crippen LogP contribution in [0, 0.1) is 25.5 Å². The van der Waals surface area contributed by atoms with Crippen LogP contribution in [0.15, 0.2) is 40.6 Å². The summed E-state index contributed by atoms with van der Waals surface area (Å²) in [6, 6.07) is 7.95. The maximum absolute atomic E-state index is 14.0. The Hall–Kier alpha value is -3.29. The number of likely N-dealkylation sites (N-methyl/N-ethyl adjacent to an activating group) is 1. The van der Waals surface area contributed by atoms with Gasteiger partial charge in [0, 0.05) is 23.7 Å². The lowest BCUT2D eigenvalue weighted by molar-refractivity contribution is -0.114. The van der Waals surface area contributed by atoms with Gasteiger partial charge in [0.05, 0.1) is 5.71 Å². The highest BCUT2D eigenvalue weighted by molar-refractivity contribution is 6.45. The number of halogens is 2. The van der Waals surface area contributed by atoms with Crippen LogP contribution in [0.5, 0.6) is 0 Å². The molecule has 0 radical (unpaired) electrons. The lowest BCUT2D eigenvalue weighted by Gasteiger charge is -2.13. The molecule has 0 aliphatic rings. The van der Waals surface area contributed by atoms with E-state index in [1.165, 1.54) is 27.1 Å². The van der Waals surface area contributed by atoms with Crippen molar-refractivity contribution >= 4 is 17.3 Å². The molecule has 1 N–H and O–H groups in total. The maximum atomic E-state index is 14.0. The van der Waals surface area contributed by atoms with Gasteiger partial charge in [0.25, 0.3) is 5.91 Å². The first kappa shape index (κ1) is 22.0. The fourth-order valence-corrected chi connectivity index (χ4v) is 2.77. The van der Waals surface area contributed by atoms with E-state index in [9.17, 15) is 13.6 Å². The number of rotatable bonds is 7. The van der Waals surface area contributed by atoms with Crippen molar-refractivity contribution in [3.8, 4) is 0 Å². The molecule has 0 aromatic heterocycles. The van der Waals surface area contributed by atoms with Crippen LogP contribution in [-0.2, 0) is 21.1 Å². The standard InChI is InChI=1S/C21H23F2N3O3/c1-12-9-16(19(23)18(22)10-12)14(3)25-29-11-17-13(2)7-6-8-15(17)20(26-28-5)21(27)24-4/h6-10H,11H2,1-5H3,(H,24,27)/b25-14+,26-20+. The van der Waals surface area contributed by atoms with Gasteiger partial charge in [-0.1, -0.05) is 28.5 Å². The molecule has 0 bridgehead atoms. The number of carbonyl (C=O) groups excluding carboxylic acids is 1. The van der Waals surface area contributed by atoms with Gasteiger partial charge >= 0.3 is 0 Å². The molecule has 6 nitrogen and oxygen atoms in total. The Morgan fingerprint density at radius 3 is 2.52 bits per heavy atom. The molecule has 154 valence electrons. The van der Waals surface area contributed by atoms with Crippen LogP contribution >= 0.6 is 0 Å². The molecule has 0 spiro atoms. The van der Waals surface area contributed by atoms with Gasteiger partial charge in [-0.05, 0) is 44.0 Å². The highest BCUT2D eigenvalue weighted by atomic mass is 19.2. The van der Waals surface area contributed by atoms with Crippen molar-refractivity contribution in [3.05, 3.63) is 69.8 Å². The molecule has 29 heavy (non-hydrogen) atoms. The second-order valence-corrected chi connectivity index (χ2v) is 6.36. The zero-order valence-electron chi connectivity index (χ0n) is 17.0. The van der Waals surface area contributed by atoms with Crippen LogP contribution in [0.3, 0.4) is 0 Å². The van der Waals surface area contributed by atoms with Crippen LogP contribution < -0.4 is 5.32 Å². The Balaban J connectivity index is 2.33. The van der Waals surface area contributed by atoms with E-state index >= 15 is 0 Å². The maximum Gasteiger partial charge on any atom is 0.273 e. The number of benzene rings is 2. The van der Waals surface area contributed by atoms with Gasteiger partial charge in [-0.15, -0.1) is 0 Å². The minimum atomic E-state index is -0.980. The van der Waals surface area contributed by atoms with Crippen LogP contribution in [0.2, 0.25) is 0 Å². The summed E-state index contributed by atoms with van der Waals surface area (Å²) >= 11 is 0. The fraction of sp³-hybridized carbons (Fsp3) is 0.286. The van der Waals surface area contributed by atoms with E-state index in [0.29, 0.717) is 16.7 Å². The molecule has 8 heteroatoms. The van der Waals surface area contributed by atoms with Gasteiger partial charge < -0.3 is 15.0 Å². The zero-order chi connectivity index (χ0) is 21.6. The molecule has 0 heterocycles. The molecule has 0 aliphatic heterocycles. The Morgan fingerprint density at radius 1 is 1.14 bits per heavy atom. The first-order valence-electron chi connectivity index (χ1n) is 8.84. The molecule has 0 atom stereocenters. The minimum absolute atomic E-state index is 0.00497. The largest absolute Gasteiger partial charge is 0.398 e. The first-order valence-corrected chi connectivity index (χ1v) is 8.84. The van der Waals surface area contributed by atoms with Crippen molar-refractivity contribution in [2.45, 2.75) is 27.4 Å². The summed E-state index contributed by atoms with van der Waals surface area (Å²) < 4.78 is 27.7. The number of nitrogens with one attached hydrogen (secondary N) is 1. The second-order valence-electron chi connectivity index (χ2n) is 6.36. The van der Waals surface area contributed by atoms with Gasteiger partial charge in [0.1, 0.15) is 13.7 Å². The number of carbonyl (C=O) groups is 1. The van der Waals surface area contributed by atoms with Gasteiger partial charge in [0.2, 0.25) is 0 Å². The van der Waals surface area contributed by atoms with E-state index in [1.807, 2.05) is 13.0 Å². The van der Waals surface area contributed by atoms with E-state index in [-0.39, 0.29) is 23.6 Å². The van der Waals surface area contributed by atoms with Crippen molar-refractivity contribution in [3.63, 3.8) is 0 Å². The number of amides is 1. The Labute approximate surface area is 168 Å². The summed E-state index contributed by atoms with van der Waals surface area (Å²) in [6.45, 7) is 5.03. The van der Waals surface area contributed by atoms with Crippen LogP contribution in [0.4, 0.5) is 8.78 Å². The lowest BCUT2D eigenvalue weighted by atomic mass is 9.98. The molecule has 1 amide bonds. The van der Waals surface area contributed by atoms with Crippen molar-refractivity contribution in [1.82, 2.24) is 5.32 Å². The highest BCUT2D eigenvalue weighted by Gasteiger charge is 2.19. The smallest absolute Gasteiger partial charge is 0.273 e. The SMILES string of the molecule is CNC(=O)/C(=N/OC)c1cccc(C)c1CO/N=C(\C)c1cc(C)cc(F)c1F. The second kappa shape index (κ2) is 9.77. The van der Waals surface area contributed by atoms with E-state index in [2.05, 4.69) is 15.6 Å². The van der Waals surface area contributed by atoms with Crippen molar-refractivity contribution in [2.24, 2.45) is 10.3 Å². The van der Waals surface area contributed by atoms with Gasteiger partial charge in [-0.25, -0.2) is 8.78 Å². The van der Waals surface area contributed by atoms with Crippen molar-refractivity contribution < 1.29 is 23.3 Å². The third-order valence-corrected chi connectivity index (χ3v) is 4.26. The molecule has 0 saturated carbocycles. The Kier molecular flexibility index (Phi) is 7.41. The van der Waals surface area contributed by atoms with E-state index in [4.69, 9.17) is 9.68 Å². The number of nitrogens with zero attached hydrogens (tertiary/aromatic N) is 2. The lowest BCUT2D eigenvalue weighted by Crippen LogP contribution is -2.29. The summed E-state index contributed by atoms with van der Waals surface area (Å²) in [5.41, 5.74) is 2.91. The summed E-state index contributed by atoms with van der Waals surface area (Å²) in [4.78, 5) is 22.4. The molecular formula is C21H23F2N3O3. The monoisotopic (exact) mass is 403 g/mol. The molecule has 2 rings (SSSR count). The number of hydrogen-bond acceptors (Lipinski definition) is 5. The number of hydrogen-bond donors (Lipinski definition) is 1. The molecule has 0 aliphatic carbocycles. The average Bonchev–Trinajstić information content (AvgIpc) is 2.69. The molecule has 0 saturated heterocycles. The highest BCUT2D eigenvalue weighted by Crippen LogP contribution is 2.19. The van der Waals surface area contributed by atoms with E-state index < -0.39 is 17.5 Å². The third kappa shape index (κ3) is 5.16. The van der Waals surface area contributed by atoms with Crippen molar-refractivity contribution in [1.29, 1.82) is 0 Å². The summed E-state index contributed by atoms with van der Waals surface area (Å²) in [6.07, 6.45) is 0. The summed E-state index contributed by atoms with van der Waals surface area (Å²) in [5, 5.41) is 10.2. The van der Waals surface area contributed by atoms with E-state index in [1.54, 1.807) is 19.1 Å². The summed E-state index contributed by atoms with van der Waals surface area (Å²) in [7, 11) is 2.83. The third-order valence-electron chi connectivity index (χ3n) is 4.26. The Bertz CT molecular complexity index is 972. The number of oxime groups is 2. The molecular weight excluding hydrogens is 380 g/mol. The van der Waals surface area contributed by atoms with Crippen molar-refractivity contribution in [2.75, 3.05) is 14.2 Å². The van der Waals surface area contributed by atoms with Gasteiger partial charge in [-0.2, -0.15) is 0 Å². The zero-order valence-corrected chi connectivity index (χ0v) is 17.0. The molecule has 2 aromatic carbocycles. The predicted molar refractivity (Wildman–Crippen MR) is 107 cm³/mol.